The van der Waals surface area contributed by atoms with E-state index in [2.05, 4.69) is 26.0 Å². The molecule has 8 heteroatoms. The van der Waals surface area contributed by atoms with Gasteiger partial charge < -0.3 is 18.9 Å². The van der Waals surface area contributed by atoms with E-state index >= 15 is 0 Å². The lowest BCUT2D eigenvalue weighted by atomic mass is 10.1. The van der Waals surface area contributed by atoms with Crippen LogP contribution in [0.3, 0.4) is 0 Å². The van der Waals surface area contributed by atoms with Gasteiger partial charge in [0.25, 0.3) is 5.91 Å². The molecular formula is C24H28N2O5S. The van der Waals surface area contributed by atoms with Gasteiger partial charge in [-0.25, -0.2) is 4.98 Å². The van der Waals surface area contributed by atoms with Crippen LogP contribution in [0.2, 0.25) is 0 Å². The van der Waals surface area contributed by atoms with Gasteiger partial charge >= 0.3 is 0 Å². The highest BCUT2D eigenvalue weighted by molar-refractivity contribution is 7.22. The molecule has 0 bridgehead atoms. The van der Waals surface area contributed by atoms with Crippen molar-refractivity contribution < 1.29 is 23.7 Å². The average Bonchev–Trinajstić information content (AvgIpc) is 3.45. The number of benzene rings is 2. The van der Waals surface area contributed by atoms with Gasteiger partial charge in [-0.15, -0.1) is 0 Å². The minimum atomic E-state index is -0.188. The highest BCUT2D eigenvalue weighted by atomic mass is 32.1. The van der Waals surface area contributed by atoms with Crippen molar-refractivity contribution in [3.63, 3.8) is 0 Å². The van der Waals surface area contributed by atoms with E-state index in [0.717, 1.165) is 29.7 Å². The van der Waals surface area contributed by atoms with Crippen LogP contribution in [0.15, 0.2) is 24.3 Å². The number of ether oxygens (including phenoxy) is 4. The molecule has 1 fully saturated rings. The SMILES string of the molecule is COc1cc(C(=O)N(CC2CCCO2)c2nc3cc(C)c(C)cc3s2)cc(OC)c1OC. The third-order valence-electron chi connectivity index (χ3n) is 5.79. The largest absolute Gasteiger partial charge is 0.493 e. The maximum atomic E-state index is 13.8. The number of aromatic nitrogens is 1. The minimum absolute atomic E-state index is 0.0172. The monoisotopic (exact) mass is 456 g/mol. The summed E-state index contributed by atoms with van der Waals surface area (Å²) < 4.78 is 23.2. The van der Waals surface area contributed by atoms with E-state index < -0.39 is 0 Å². The lowest BCUT2D eigenvalue weighted by Crippen LogP contribution is -2.37. The van der Waals surface area contributed by atoms with Crippen LogP contribution in [0.1, 0.15) is 34.3 Å². The van der Waals surface area contributed by atoms with Crippen LogP contribution in [-0.2, 0) is 4.74 Å². The van der Waals surface area contributed by atoms with Crippen molar-refractivity contribution >= 4 is 32.6 Å². The second-order valence-corrected chi connectivity index (χ2v) is 8.87. The summed E-state index contributed by atoms with van der Waals surface area (Å²) in [7, 11) is 4.61. The Kier molecular flexibility index (Phi) is 6.53. The number of fused-ring (bicyclic) bond motifs is 1. The van der Waals surface area contributed by atoms with Gasteiger partial charge in [-0.3, -0.25) is 9.69 Å². The molecule has 170 valence electrons. The molecule has 0 spiro atoms. The smallest absolute Gasteiger partial charge is 0.260 e. The standard InChI is InChI=1S/C24H28N2O5S/c1-14-9-18-21(10-15(14)2)32-24(25-18)26(13-17-7-6-8-31-17)23(27)16-11-19(28-3)22(30-5)20(12-16)29-4/h9-12,17H,6-8,13H2,1-5H3. The Morgan fingerprint density at radius 1 is 1.09 bits per heavy atom. The van der Waals surface area contributed by atoms with E-state index in [1.54, 1.807) is 17.0 Å². The van der Waals surface area contributed by atoms with Crippen LogP contribution < -0.4 is 19.1 Å². The number of hydrogen-bond acceptors (Lipinski definition) is 7. The number of nitrogens with zero attached hydrogens (tertiary/aromatic N) is 2. The first-order valence-corrected chi connectivity index (χ1v) is 11.4. The fourth-order valence-corrected chi connectivity index (χ4v) is 4.94. The second kappa shape index (κ2) is 9.34. The Morgan fingerprint density at radius 3 is 2.38 bits per heavy atom. The molecule has 1 atom stereocenters. The molecule has 4 rings (SSSR count). The second-order valence-electron chi connectivity index (χ2n) is 7.87. The van der Waals surface area contributed by atoms with E-state index in [0.29, 0.717) is 34.5 Å². The molecule has 1 unspecified atom stereocenters. The third-order valence-corrected chi connectivity index (χ3v) is 6.83. The molecule has 1 aliphatic heterocycles. The van der Waals surface area contributed by atoms with Crippen LogP contribution in [-0.4, -0.2) is 51.5 Å². The van der Waals surface area contributed by atoms with Crippen LogP contribution in [0.4, 0.5) is 5.13 Å². The zero-order valence-corrected chi connectivity index (χ0v) is 19.9. The topological polar surface area (TPSA) is 70.1 Å². The molecule has 0 saturated carbocycles. The molecule has 2 aromatic carbocycles. The van der Waals surface area contributed by atoms with Crippen molar-refractivity contribution in [1.29, 1.82) is 0 Å². The fourth-order valence-electron chi connectivity index (χ4n) is 3.88. The van der Waals surface area contributed by atoms with Crippen molar-refractivity contribution in [2.75, 3.05) is 39.4 Å². The maximum Gasteiger partial charge on any atom is 0.260 e. The lowest BCUT2D eigenvalue weighted by Gasteiger charge is -2.24. The quantitative estimate of drug-likeness (QED) is 0.510. The summed E-state index contributed by atoms with van der Waals surface area (Å²) in [6.07, 6.45) is 1.90. The molecule has 1 aliphatic rings. The van der Waals surface area contributed by atoms with Crippen LogP contribution >= 0.6 is 11.3 Å². The molecule has 0 N–H and O–H groups in total. The van der Waals surface area contributed by atoms with E-state index in [4.69, 9.17) is 23.9 Å². The first-order valence-electron chi connectivity index (χ1n) is 10.6. The number of aryl methyl sites for hydroxylation is 2. The highest BCUT2D eigenvalue weighted by Crippen LogP contribution is 2.39. The van der Waals surface area contributed by atoms with E-state index in [1.807, 2.05) is 0 Å². The zero-order chi connectivity index (χ0) is 22.8. The molecule has 1 saturated heterocycles. The highest BCUT2D eigenvalue weighted by Gasteiger charge is 2.28. The van der Waals surface area contributed by atoms with Gasteiger partial charge in [0, 0.05) is 12.2 Å². The van der Waals surface area contributed by atoms with Crippen molar-refractivity contribution in [2.45, 2.75) is 32.8 Å². The summed E-state index contributed by atoms with van der Waals surface area (Å²) in [4.78, 5) is 20.3. The van der Waals surface area contributed by atoms with Crippen molar-refractivity contribution in [3.05, 3.63) is 41.0 Å². The van der Waals surface area contributed by atoms with Crippen molar-refractivity contribution in [3.8, 4) is 17.2 Å². The lowest BCUT2D eigenvalue weighted by molar-refractivity contribution is 0.0917. The van der Waals surface area contributed by atoms with Gasteiger partial charge in [0.2, 0.25) is 5.75 Å². The zero-order valence-electron chi connectivity index (χ0n) is 19.1. The summed E-state index contributed by atoms with van der Waals surface area (Å²) in [6.45, 7) is 5.31. The number of amides is 1. The molecule has 0 radical (unpaired) electrons. The molecule has 3 aromatic rings. The first-order chi connectivity index (χ1) is 15.4. The molecule has 2 heterocycles. The van der Waals surface area contributed by atoms with Gasteiger partial charge in [-0.05, 0) is 62.1 Å². The van der Waals surface area contributed by atoms with Crippen LogP contribution in [0.25, 0.3) is 10.2 Å². The van der Waals surface area contributed by atoms with Crippen LogP contribution in [0, 0.1) is 13.8 Å². The number of anilines is 1. The van der Waals surface area contributed by atoms with E-state index in [1.165, 1.54) is 43.8 Å². The Morgan fingerprint density at radius 2 is 1.78 bits per heavy atom. The Hall–Kier alpha value is -2.84. The number of rotatable bonds is 7. The normalized spacial score (nSPS) is 15.7. The predicted octanol–water partition coefficient (Wildman–Crippen LogP) is 4.76. The fraction of sp³-hybridized carbons (Fsp3) is 0.417. The Labute approximate surface area is 191 Å². The molecule has 7 nitrogen and oxygen atoms in total. The number of methoxy groups -OCH3 is 3. The molecule has 1 aromatic heterocycles. The Balaban J connectivity index is 1.77. The maximum absolute atomic E-state index is 13.8. The number of hydrogen-bond donors (Lipinski definition) is 0. The molecular weight excluding hydrogens is 428 g/mol. The molecule has 32 heavy (non-hydrogen) atoms. The summed E-state index contributed by atoms with van der Waals surface area (Å²) in [5.41, 5.74) is 3.71. The summed E-state index contributed by atoms with van der Waals surface area (Å²) in [5, 5.41) is 0.652. The van der Waals surface area contributed by atoms with Gasteiger partial charge in [-0.1, -0.05) is 11.3 Å². The van der Waals surface area contributed by atoms with Crippen LogP contribution in [0.5, 0.6) is 17.2 Å². The van der Waals surface area contributed by atoms with E-state index in [-0.39, 0.29) is 12.0 Å². The van der Waals surface area contributed by atoms with Gasteiger partial charge in [0.1, 0.15) is 0 Å². The minimum Gasteiger partial charge on any atom is -0.493 e. The summed E-state index contributed by atoms with van der Waals surface area (Å²) in [5.74, 6) is 1.13. The molecule has 0 aliphatic carbocycles. The summed E-state index contributed by atoms with van der Waals surface area (Å²) >= 11 is 1.51. The van der Waals surface area contributed by atoms with Crippen molar-refractivity contribution in [2.24, 2.45) is 0 Å². The van der Waals surface area contributed by atoms with E-state index in [9.17, 15) is 4.79 Å². The number of carbonyl (C=O) groups excluding carboxylic acids is 1. The third kappa shape index (κ3) is 4.25. The molecule has 1 amide bonds. The van der Waals surface area contributed by atoms with Gasteiger partial charge in [0.05, 0.1) is 44.2 Å². The predicted molar refractivity (Wildman–Crippen MR) is 126 cm³/mol. The number of carbonyl (C=O) groups is 1. The summed E-state index contributed by atoms with van der Waals surface area (Å²) in [6, 6.07) is 7.54. The first kappa shape index (κ1) is 22.4. The van der Waals surface area contributed by atoms with Gasteiger partial charge in [-0.2, -0.15) is 0 Å². The number of thiazole rings is 1. The average molecular weight is 457 g/mol. The van der Waals surface area contributed by atoms with Crippen molar-refractivity contribution in [1.82, 2.24) is 4.98 Å². The van der Waals surface area contributed by atoms with Gasteiger partial charge in [0.15, 0.2) is 16.6 Å². The Bertz CT molecular complexity index is 1070.